The number of sulfonamides is 1. The molecule has 0 aliphatic heterocycles. The van der Waals surface area contributed by atoms with Crippen molar-refractivity contribution in [3.05, 3.63) is 23.8 Å². The maximum absolute atomic E-state index is 12.9. The first-order chi connectivity index (χ1) is 13.5. The first kappa shape index (κ1) is 23.3. The molecular formula is C20H32N4O4S. The summed E-state index contributed by atoms with van der Waals surface area (Å²) in [5, 5.41) is 0. The number of carbonyl (C=O) groups excluding carboxylic acids is 1. The van der Waals surface area contributed by atoms with Gasteiger partial charge in [0.1, 0.15) is 17.4 Å². The first-order valence-corrected chi connectivity index (χ1v) is 11.6. The van der Waals surface area contributed by atoms with Gasteiger partial charge in [-0.3, -0.25) is 9.78 Å². The summed E-state index contributed by atoms with van der Waals surface area (Å²) < 4.78 is 32.2. The van der Waals surface area contributed by atoms with Crippen LogP contribution in [0.5, 0.6) is 0 Å². The van der Waals surface area contributed by atoms with Crippen LogP contribution in [0.15, 0.2) is 12.3 Å². The minimum Gasteiger partial charge on any atom is -0.462 e. The number of nitrogens with one attached hydrogen (secondary N) is 1. The van der Waals surface area contributed by atoms with E-state index in [0.29, 0.717) is 19.3 Å². The summed E-state index contributed by atoms with van der Waals surface area (Å²) in [6.07, 6.45) is 2.68. The number of esters is 1. The molecule has 9 heteroatoms. The van der Waals surface area contributed by atoms with E-state index in [4.69, 9.17) is 4.74 Å². The molecular weight excluding hydrogens is 392 g/mol. The molecule has 2 aromatic rings. The van der Waals surface area contributed by atoms with E-state index in [-0.39, 0.29) is 17.8 Å². The molecule has 0 aliphatic rings. The maximum Gasteiger partial charge on any atom is 0.324 e. The Hall–Kier alpha value is -2.00. The number of H-pyrrole nitrogens is 1. The molecule has 0 aromatic carbocycles. The van der Waals surface area contributed by atoms with Crippen LogP contribution in [-0.2, 0) is 26.0 Å². The molecule has 8 nitrogen and oxygen atoms in total. The molecule has 29 heavy (non-hydrogen) atoms. The molecule has 0 saturated carbocycles. The molecule has 1 N–H and O–H groups in total. The van der Waals surface area contributed by atoms with Crippen molar-refractivity contribution in [1.29, 1.82) is 0 Å². The van der Waals surface area contributed by atoms with Gasteiger partial charge in [0.2, 0.25) is 10.0 Å². The molecule has 0 spiro atoms. The highest BCUT2D eigenvalue weighted by molar-refractivity contribution is 7.89. The molecule has 2 heterocycles. The molecule has 0 radical (unpaired) electrons. The van der Waals surface area contributed by atoms with E-state index in [1.54, 1.807) is 20.0 Å². The van der Waals surface area contributed by atoms with Crippen molar-refractivity contribution in [1.82, 2.24) is 19.3 Å². The van der Waals surface area contributed by atoms with Crippen LogP contribution in [-0.4, -0.2) is 58.6 Å². The Bertz CT molecular complexity index is 937. The number of hydrogen-bond acceptors (Lipinski definition) is 6. The number of aryl methyl sites for hydroxylation is 2. The van der Waals surface area contributed by atoms with Crippen molar-refractivity contribution < 1.29 is 17.9 Å². The summed E-state index contributed by atoms with van der Waals surface area (Å²) in [7, 11) is -2.17. The topological polar surface area (TPSA) is 105 Å². The minimum absolute atomic E-state index is 0.0749. The quantitative estimate of drug-likeness (QED) is 0.588. The van der Waals surface area contributed by atoms with Crippen LogP contribution in [0.3, 0.4) is 0 Å². The molecule has 2 aromatic heterocycles. The van der Waals surface area contributed by atoms with E-state index in [2.05, 4.69) is 15.0 Å². The lowest BCUT2D eigenvalue weighted by molar-refractivity contribution is -0.152. The largest absolute Gasteiger partial charge is 0.462 e. The van der Waals surface area contributed by atoms with Crippen molar-refractivity contribution in [2.45, 2.75) is 66.0 Å². The van der Waals surface area contributed by atoms with Gasteiger partial charge in [0, 0.05) is 13.2 Å². The van der Waals surface area contributed by atoms with E-state index < -0.39 is 22.0 Å². The van der Waals surface area contributed by atoms with Crippen LogP contribution in [0.1, 0.15) is 52.1 Å². The summed E-state index contributed by atoms with van der Waals surface area (Å²) >= 11 is 0. The van der Waals surface area contributed by atoms with Crippen molar-refractivity contribution in [2.75, 3.05) is 12.8 Å². The SMILES string of the molecule is Cc1nc2c(CCCS(=O)(=O)N(C)[C@@H](CC(C)C)C(=O)OC(C)C)nccc2[nH]1. The lowest BCUT2D eigenvalue weighted by Crippen LogP contribution is -2.45. The maximum atomic E-state index is 12.9. The van der Waals surface area contributed by atoms with Crippen molar-refractivity contribution in [3.63, 3.8) is 0 Å². The summed E-state index contributed by atoms with van der Waals surface area (Å²) in [4.78, 5) is 24.4. The summed E-state index contributed by atoms with van der Waals surface area (Å²) in [6.45, 7) is 9.28. The van der Waals surface area contributed by atoms with Gasteiger partial charge in [0.25, 0.3) is 0 Å². The van der Waals surface area contributed by atoms with Crippen LogP contribution in [0.2, 0.25) is 0 Å². The van der Waals surface area contributed by atoms with E-state index in [0.717, 1.165) is 22.6 Å². The van der Waals surface area contributed by atoms with Crippen LogP contribution in [0, 0.1) is 12.8 Å². The number of imidazole rings is 1. The van der Waals surface area contributed by atoms with Crippen LogP contribution < -0.4 is 0 Å². The zero-order valence-electron chi connectivity index (χ0n) is 18.1. The van der Waals surface area contributed by atoms with E-state index in [1.807, 2.05) is 26.8 Å². The highest BCUT2D eigenvalue weighted by Crippen LogP contribution is 2.19. The predicted octanol–water partition coefficient (Wildman–Crippen LogP) is 2.83. The fourth-order valence-corrected chi connectivity index (χ4v) is 4.56. The van der Waals surface area contributed by atoms with Gasteiger partial charge in [-0.25, -0.2) is 13.4 Å². The zero-order valence-corrected chi connectivity index (χ0v) is 18.9. The van der Waals surface area contributed by atoms with Crippen LogP contribution >= 0.6 is 0 Å². The van der Waals surface area contributed by atoms with Crippen LogP contribution in [0.25, 0.3) is 11.0 Å². The Morgan fingerprint density at radius 1 is 1.28 bits per heavy atom. The Morgan fingerprint density at radius 2 is 1.97 bits per heavy atom. The van der Waals surface area contributed by atoms with Gasteiger partial charge >= 0.3 is 5.97 Å². The molecule has 162 valence electrons. The fourth-order valence-electron chi connectivity index (χ4n) is 3.21. The third-order valence-corrected chi connectivity index (χ3v) is 6.54. The fraction of sp³-hybridized carbons (Fsp3) is 0.650. The minimum atomic E-state index is -3.63. The molecule has 0 aliphatic carbocycles. The molecule has 0 unspecified atom stereocenters. The Labute approximate surface area is 173 Å². The van der Waals surface area contributed by atoms with Crippen molar-refractivity contribution in [3.8, 4) is 0 Å². The highest BCUT2D eigenvalue weighted by atomic mass is 32.2. The number of fused-ring (bicyclic) bond motifs is 1. The Balaban J connectivity index is 2.08. The molecule has 0 saturated heterocycles. The van der Waals surface area contributed by atoms with E-state index in [1.165, 1.54) is 11.4 Å². The molecule has 0 fully saturated rings. The normalized spacial score (nSPS) is 13.6. The van der Waals surface area contributed by atoms with Gasteiger partial charge in [0.05, 0.1) is 23.1 Å². The summed E-state index contributed by atoms with van der Waals surface area (Å²) in [5.41, 5.74) is 2.43. The third kappa shape index (κ3) is 6.24. The summed E-state index contributed by atoms with van der Waals surface area (Å²) in [6, 6.07) is 1.03. The predicted molar refractivity (Wildman–Crippen MR) is 113 cm³/mol. The lowest BCUT2D eigenvalue weighted by Gasteiger charge is -2.28. The second-order valence-electron chi connectivity index (χ2n) is 8.04. The number of rotatable bonds is 10. The second-order valence-corrected chi connectivity index (χ2v) is 10.2. The first-order valence-electron chi connectivity index (χ1n) is 9.97. The van der Waals surface area contributed by atoms with E-state index in [9.17, 15) is 13.2 Å². The van der Waals surface area contributed by atoms with Gasteiger partial charge in [0.15, 0.2) is 0 Å². The Morgan fingerprint density at radius 3 is 2.59 bits per heavy atom. The zero-order chi connectivity index (χ0) is 21.8. The molecule has 1 atom stereocenters. The number of aromatic nitrogens is 3. The third-order valence-electron chi connectivity index (χ3n) is 4.61. The standard InChI is InChI=1S/C20H32N4O4S/c1-13(2)12-18(20(25)28-14(3)4)24(6)29(26,27)11-7-8-16-19-17(9-10-21-16)22-15(5)23-19/h9-10,13-14,18H,7-8,11-12H2,1-6H3,(H,22,23)/t18-/m0/s1. The average Bonchev–Trinajstić information content (AvgIpc) is 2.99. The van der Waals surface area contributed by atoms with Gasteiger partial charge in [-0.1, -0.05) is 13.8 Å². The van der Waals surface area contributed by atoms with Gasteiger partial charge in [-0.2, -0.15) is 4.31 Å². The lowest BCUT2D eigenvalue weighted by atomic mass is 10.0. The molecule has 0 bridgehead atoms. The monoisotopic (exact) mass is 424 g/mol. The van der Waals surface area contributed by atoms with E-state index >= 15 is 0 Å². The van der Waals surface area contributed by atoms with Crippen molar-refractivity contribution in [2.24, 2.45) is 5.92 Å². The van der Waals surface area contributed by atoms with Gasteiger partial charge < -0.3 is 9.72 Å². The number of ether oxygens (including phenoxy) is 1. The Kier molecular flexibility index (Phi) is 7.76. The van der Waals surface area contributed by atoms with Crippen molar-refractivity contribution >= 4 is 27.0 Å². The second kappa shape index (κ2) is 9.67. The number of hydrogen-bond donors (Lipinski definition) is 1. The summed E-state index contributed by atoms with van der Waals surface area (Å²) in [5.74, 6) is 0.371. The number of pyridine rings is 1. The smallest absolute Gasteiger partial charge is 0.324 e. The number of likely N-dealkylation sites (N-methyl/N-ethyl adjacent to an activating group) is 1. The molecule has 2 rings (SSSR count). The molecule has 0 amide bonds. The number of aromatic amines is 1. The average molecular weight is 425 g/mol. The number of carbonyl (C=O) groups is 1. The highest BCUT2D eigenvalue weighted by Gasteiger charge is 2.33. The van der Waals surface area contributed by atoms with Crippen LogP contribution in [0.4, 0.5) is 0 Å². The van der Waals surface area contributed by atoms with Gasteiger partial charge in [-0.05, 0) is 52.0 Å². The number of nitrogens with zero attached hydrogens (tertiary/aromatic N) is 3. The van der Waals surface area contributed by atoms with Gasteiger partial charge in [-0.15, -0.1) is 0 Å².